The van der Waals surface area contributed by atoms with E-state index in [1.165, 1.54) is 13.8 Å². The molecular weight excluding hydrogens is 180 g/mol. The third-order valence-corrected chi connectivity index (χ3v) is 1.55. The molecule has 3 nitrogen and oxygen atoms in total. The van der Waals surface area contributed by atoms with Gasteiger partial charge in [0.1, 0.15) is 5.78 Å². The summed E-state index contributed by atoms with van der Waals surface area (Å²) in [7, 11) is 0. The zero-order chi connectivity index (χ0) is 11.2. The molecule has 0 aliphatic carbocycles. The first-order valence-electron chi connectivity index (χ1n) is 4.11. The van der Waals surface area contributed by atoms with Crippen molar-refractivity contribution >= 4 is 17.3 Å². The van der Waals surface area contributed by atoms with Crippen molar-refractivity contribution in [3.8, 4) is 0 Å². The first-order chi connectivity index (χ1) is 5.59. The van der Waals surface area contributed by atoms with Crippen molar-refractivity contribution in [2.75, 3.05) is 0 Å². The maximum atomic E-state index is 10.5. The Kier molecular flexibility index (Phi) is 9.92. The van der Waals surface area contributed by atoms with Crippen LogP contribution in [0.25, 0.3) is 0 Å². The van der Waals surface area contributed by atoms with Gasteiger partial charge in [0.15, 0.2) is 11.6 Å². The highest BCUT2D eigenvalue weighted by molar-refractivity contribution is 6.35. The van der Waals surface area contributed by atoms with Crippen molar-refractivity contribution in [1.29, 1.82) is 0 Å². The van der Waals surface area contributed by atoms with Gasteiger partial charge >= 0.3 is 0 Å². The van der Waals surface area contributed by atoms with Crippen molar-refractivity contribution in [1.82, 2.24) is 0 Å². The Hall–Kier alpha value is -0.990. The first-order valence-corrected chi connectivity index (χ1v) is 4.11. The lowest BCUT2D eigenvalue weighted by Gasteiger charge is -2.11. The molecular formula is C11H22O3. The Morgan fingerprint density at radius 1 is 0.786 bits per heavy atom. The van der Waals surface area contributed by atoms with Crippen molar-refractivity contribution in [3.63, 3.8) is 0 Å². The molecule has 3 heteroatoms. The number of carbonyl (C=O) groups excluding carboxylic acids is 3. The summed E-state index contributed by atoms with van der Waals surface area (Å²) < 4.78 is 0. The van der Waals surface area contributed by atoms with Gasteiger partial charge in [0.25, 0.3) is 0 Å². The molecule has 0 bridgehead atoms. The number of hydrogen-bond acceptors (Lipinski definition) is 3. The van der Waals surface area contributed by atoms with Gasteiger partial charge in [0.05, 0.1) is 0 Å². The van der Waals surface area contributed by atoms with E-state index in [1.807, 2.05) is 20.8 Å². The van der Waals surface area contributed by atoms with Crippen LogP contribution in [0.1, 0.15) is 49.0 Å². The summed E-state index contributed by atoms with van der Waals surface area (Å²) in [6.45, 7) is 9.85. The largest absolute Gasteiger partial charge is 0.299 e. The van der Waals surface area contributed by atoms with Crippen LogP contribution in [0, 0.1) is 5.41 Å². The first kappa shape index (κ1) is 18.7. The zero-order valence-electron chi connectivity index (χ0n) is 9.22. The van der Waals surface area contributed by atoms with Crippen molar-refractivity contribution < 1.29 is 14.4 Å². The molecule has 0 saturated heterocycles. The van der Waals surface area contributed by atoms with Gasteiger partial charge in [-0.25, -0.2) is 0 Å². The molecule has 0 unspecified atom stereocenters. The van der Waals surface area contributed by atoms with Gasteiger partial charge in [-0.2, -0.15) is 0 Å². The standard InChI is InChI=1S/C6H12O.C4H6O2.CH4/c1-5(7)6(2,3)4;1-3(5)4(2)6;/h1-4H3;1-2H3;1H4. The molecule has 0 rings (SSSR count). The Labute approximate surface area is 86.9 Å². The molecule has 0 aromatic carbocycles. The predicted molar refractivity (Wildman–Crippen MR) is 58.2 cm³/mol. The van der Waals surface area contributed by atoms with E-state index in [0.29, 0.717) is 0 Å². The average molecular weight is 202 g/mol. The Morgan fingerprint density at radius 3 is 0.929 bits per heavy atom. The normalized spacial score (nSPS) is 9.00. The van der Waals surface area contributed by atoms with Crippen LogP contribution in [0.5, 0.6) is 0 Å². The van der Waals surface area contributed by atoms with Crippen molar-refractivity contribution in [2.24, 2.45) is 5.41 Å². The maximum Gasteiger partial charge on any atom is 0.195 e. The Bertz CT molecular complexity index is 197. The Morgan fingerprint density at radius 2 is 0.929 bits per heavy atom. The highest BCUT2D eigenvalue weighted by atomic mass is 16.2. The van der Waals surface area contributed by atoms with Gasteiger partial charge in [-0.15, -0.1) is 0 Å². The van der Waals surface area contributed by atoms with Gasteiger partial charge in [-0.3, -0.25) is 14.4 Å². The summed E-state index contributed by atoms with van der Waals surface area (Å²) >= 11 is 0. The second-order valence-corrected chi connectivity index (χ2v) is 3.92. The molecule has 0 radical (unpaired) electrons. The van der Waals surface area contributed by atoms with Gasteiger partial charge in [-0.1, -0.05) is 28.2 Å². The molecule has 0 atom stereocenters. The predicted octanol–water partition coefficient (Wildman–Crippen LogP) is 2.42. The van der Waals surface area contributed by atoms with Gasteiger partial charge in [0.2, 0.25) is 0 Å². The van der Waals surface area contributed by atoms with Crippen molar-refractivity contribution in [3.05, 3.63) is 0 Å². The third kappa shape index (κ3) is 13.6. The highest BCUT2D eigenvalue weighted by Gasteiger charge is 2.14. The monoisotopic (exact) mass is 202 g/mol. The van der Waals surface area contributed by atoms with Crippen LogP contribution in [0.2, 0.25) is 0 Å². The fourth-order valence-corrected chi connectivity index (χ4v) is 0. The smallest absolute Gasteiger partial charge is 0.195 e. The molecule has 84 valence electrons. The lowest BCUT2D eigenvalue weighted by atomic mass is 9.92. The van der Waals surface area contributed by atoms with E-state index in [-0.39, 0.29) is 30.2 Å². The van der Waals surface area contributed by atoms with E-state index in [2.05, 4.69) is 0 Å². The van der Waals surface area contributed by atoms with Gasteiger partial charge in [-0.05, 0) is 6.92 Å². The molecule has 0 aliphatic heterocycles. The molecule has 0 N–H and O–H groups in total. The molecule has 0 spiro atoms. The summed E-state index contributed by atoms with van der Waals surface area (Å²) in [5.41, 5.74) is -0.139. The Balaban J connectivity index is -0.000000163. The molecule has 0 fully saturated rings. The zero-order valence-corrected chi connectivity index (χ0v) is 9.22. The van der Waals surface area contributed by atoms with E-state index in [4.69, 9.17) is 0 Å². The minimum absolute atomic E-state index is 0. The molecule has 0 amide bonds. The van der Waals surface area contributed by atoms with Crippen LogP contribution < -0.4 is 0 Å². The minimum Gasteiger partial charge on any atom is -0.299 e. The number of hydrogen-bond donors (Lipinski definition) is 0. The van der Waals surface area contributed by atoms with Crippen LogP contribution in [-0.2, 0) is 14.4 Å². The summed E-state index contributed by atoms with van der Waals surface area (Å²) in [6.07, 6.45) is 0. The SMILES string of the molecule is C.CC(=O)C(C)(C)C.CC(=O)C(C)=O. The molecule has 0 aromatic heterocycles. The molecule has 0 saturated carbocycles. The fourth-order valence-electron chi connectivity index (χ4n) is 0. The van der Waals surface area contributed by atoms with Crippen LogP contribution in [0.15, 0.2) is 0 Å². The second kappa shape index (κ2) is 7.42. The molecule has 0 aromatic rings. The highest BCUT2D eigenvalue weighted by Crippen LogP contribution is 2.12. The van der Waals surface area contributed by atoms with Crippen molar-refractivity contribution in [2.45, 2.75) is 49.0 Å². The third-order valence-electron chi connectivity index (χ3n) is 1.55. The fraction of sp³-hybridized carbons (Fsp3) is 0.727. The van der Waals surface area contributed by atoms with E-state index in [0.717, 1.165) is 0 Å². The second-order valence-electron chi connectivity index (χ2n) is 3.92. The van der Waals surface area contributed by atoms with Gasteiger partial charge < -0.3 is 0 Å². The quantitative estimate of drug-likeness (QED) is 0.613. The lowest BCUT2D eigenvalue weighted by Crippen LogP contribution is -2.15. The average Bonchev–Trinajstić information content (AvgIpc) is 1.86. The van der Waals surface area contributed by atoms with E-state index in [1.54, 1.807) is 6.92 Å². The number of carbonyl (C=O) groups is 3. The van der Waals surface area contributed by atoms with E-state index >= 15 is 0 Å². The molecule has 14 heavy (non-hydrogen) atoms. The summed E-state index contributed by atoms with van der Waals surface area (Å²) in [5, 5.41) is 0. The molecule has 0 heterocycles. The maximum absolute atomic E-state index is 10.5. The number of Topliss-reactive ketones (excluding diaryl/α,β-unsaturated/α-hetero) is 3. The lowest BCUT2D eigenvalue weighted by molar-refractivity contribution is -0.134. The van der Waals surface area contributed by atoms with Crippen LogP contribution in [0.4, 0.5) is 0 Å². The van der Waals surface area contributed by atoms with Gasteiger partial charge in [0, 0.05) is 19.3 Å². The van der Waals surface area contributed by atoms with E-state index in [9.17, 15) is 14.4 Å². The molecule has 0 aliphatic rings. The number of ketones is 3. The summed E-state index contributed by atoms with van der Waals surface area (Å²) in [5.74, 6) is -0.516. The van der Waals surface area contributed by atoms with Crippen LogP contribution in [0.3, 0.4) is 0 Å². The van der Waals surface area contributed by atoms with Crippen LogP contribution >= 0.6 is 0 Å². The topological polar surface area (TPSA) is 51.2 Å². The number of rotatable bonds is 1. The minimum atomic E-state index is -0.380. The summed E-state index contributed by atoms with van der Waals surface area (Å²) in [6, 6.07) is 0. The van der Waals surface area contributed by atoms with Crippen LogP contribution in [-0.4, -0.2) is 17.3 Å². The summed E-state index contributed by atoms with van der Waals surface area (Å²) in [4.78, 5) is 30.1. The van der Waals surface area contributed by atoms with E-state index < -0.39 is 0 Å².